The van der Waals surface area contributed by atoms with Crippen molar-refractivity contribution in [3.63, 3.8) is 0 Å². The lowest BCUT2D eigenvalue weighted by Crippen LogP contribution is -2.15. The highest BCUT2D eigenvalue weighted by molar-refractivity contribution is 6.02. The zero-order chi connectivity index (χ0) is 13.2. The molecule has 7 nitrogen and oxygen atoms in total. The number of anilines is 2. The molecule has 1 aliphatic carbocycles. The molecule has 0 atom stereocenters. The molecule has 98 valence electrons. The summed E-state index contributed by atoms with van der Waals surface area (Å²) in [6, 6.07) is 2.14. The Morgan fingerprint density at radius 2 is 2.16 bits per heavy atom. The third kappa shape index (κ3) is 2.87. The van der Waals surface area contributed by atoms with Crippen LogP contribution in [0.1, 0.15) is 29.1 Å². The molecule has 0 aliphatic heterocycles. The quantitative estimate of drug-likeness (QED) is 0.866. The Morgan fingerprint density at radius 1 is 1.32 bits per heavy atom. The van der Waals surface area contributed by atoms with Gasteiger partial charge in [-0.15, -0.1) is 0 Å². The van der Waals surface area contributed by atoms with Crippen LogP contribution >= 0.6 is 0 Å². The molecule has 1 fully saturated rings. The fraction of sp³-hybridized carbons (Fsp3) is 0.333. The average molecular weight is 259 g/mol. The van der Waals surface area contributed by atoms with Crippen LogP contribution in [0.2, 0.25) is 0 Å². The van der Waals surface area contributed by atoms with Gasteiger partial charge in [0.1, 0.15) is 17.3 Å². The lowest BCUT2D eigenvalue weighted by atomic mass is 10.4. The van der Waals surface area contributed by atoms with Crippen LogP contribution in [0.4, 0.5) is 11.6 Å². The molecule has 0 saturated heterocycles. The highest BCUT2D eigenvalue weighted by atomic mass is 16.5. The summed E-state index contributed by atoms with van der Waals surface area (Å²) in [5.41, 5.74) is 0.238. The second-order valence-electron chi connectivity index (χ2n) is 4.48. The maximum atomic E-state index is 11.9. The van der Waals surface area contributed by atoms with Gasteiger partial charge in [0.15, 0.2) is 5.82 Å². The SMILES string of the molecule is Cc1cc(NC(=O)c2cnc(NC3CC3)cn2)no1. The number of nitrogens with zero attached hydrogens (tertiary/aromatic N) is 3. The van der Waals surface area contributed by atoms with E-state index in [0.29, 0.717) is 23.4 Å². The summed E-state index contributed by atoms with van der Waals surface area (Å²) in [4.78, 5) is 20.1. The van der Waals surface area contributed by atoms with E-state index in [1.165, 1.54) is 6.20 Å². The molecule has 19 heavy (non-hydrogen) atoms. The van der Waals surface area contributed by atoms with Gasteiger partial charge in [0.2, 0.25) is 0 Å². The molecule has 0 aromatic carbocycles. The molecule has 0 spiro atoms. The molecule has 7 heteroatoms. The minimum Gasteiger partial charge on any atom is -0.366 e. The van der Waals surface area contributed by atoms with Gasteiger partial charge in [-0.2, -0.15) is 0 Å². The fourth-order valence-corrected chi connectivity index (χ4v) is 1.56. The molecule has 1 saturated carbocycles. The van der Waals surface area contributed by atoms with Gasteiger partial charge < -0.3 is 15.2 Å². The molecule has 1 aliphatic rings. The van der Waals surface area contributed by atoms with E-state index in [4.69, 9.17) is 4.52 Å². The zero-order valence-electron chi connectivity index (χ0n) is 10.4. The minimum atomic E-state index is -0.362. The van der Waals surface area contributed by atoms with Gasteiger partial charge in [-0.05, 0) is 19.8 Å². The number of aromatic nitrogens is 3. The highest BCUT2D eigenvalue weighted by Gasteiger charge is 2.21. The maximum Gasteiger partial charge on any atom is 0.277 e. The smallest absolute Gasteiger partial charge is 0.277 e. The van der Waals surface area contributed by atoms with Crippen molar-refractivity contribution in [2.24, 2.45) is 0 Å². The van der Waals surface area contributed by atoms with E-state index < -0.39 is 0 Å². The Morgan fingerprint density at radius 3 is 2.74 bits per heavy atom. The predicted molar refractivity (Wildman–Crippen MR) is 67.9 cm³/mol. The van der Waals surface area contributed by atoms with Crippen LogP contribution in [0.5, 0.6) is 0 Å². The summed E-state index contributed by atoms with van der Waals surface area (Å²) < 4.78 is 4.86. The van der Waals surface area contributed by atoms with Crippen molar-refractivity contribution >= 4 is 17.5 Å². The third-order valence-corrected chi connectivity index (χ3v) is 2.68. The largest absolute Gasteiger partial charge is 0.366 e. The second kappa shape index (κ2) is 4.68. The van der Waals surface area contributed by atoms with Crippen LogP contribution in [0.3, 0.4) is 0 Å². The molecule has 0 bridgehead atoms. The Balaban J connectivity index is 1.65. The van der Waals surface area contributed by atoms with Crippen molar-refractivity contribution in [1.29, 1.82) is 0 Å². The number of nitrogens with one attached hydrogen (secondary N) is 2. The van der Waals surface area contributed by atoms with Crippen molar-refractivity contribution < 1.29 is 9.32 Å². The Kier molecular flexibility index (Phi) is 2.86. The topological polar surface area (TPSA) is 92.9 Å². The Hall–Kier alpha value is -2.44. The summed E-state index contributed by atoms with van der Waals surface area (Å²) in [5, 5.41) is 9.47. The van der Waals surface area contributed by atoms with E-state index in [2.05, 4.69) is 25.8 Å². The van der Waals surface area contributed by atoms with E-state index in [0.717, 1.165) is 12.8 Å². The predicted octanol–water partition coefficient (Wildman–Crippen LogP) is 1.60. The number of hydrogen-bond donors (Lipinski definition) is 2. The molecule has 2 aromatic heterocycles. The van der Waals surface area contributed by atoms with Gasteiger partial charge in [-0.1, -0.05) is 5.16 Å². The van der Waals surface area contributed by atoms with Crippen LogP contribution in [-0.4, -0.2) is 27.1 Å². The summed E-state index contributed by atoms with van der Waals surface area (Å²) in [6.07, 6.45) is 5.32. The minimum absolute atomic E-state index is 0.238. The van der Waals surface area contributed by atoms with E-state index in [1.807, 2.05) is 0 Å². The lowest BCUT2D eigenvalue weighted by molar-refractivity contribution is 0.102. The summed E-state index contributed by atoms with van der Waals surface area (Å²) in [6.45, 7) is 1.75. The first-order valence-electron chi connectivity index (χ1n) is 6.04. The van der Waals surface area contributed by atoms with E-state index in [-0.39, 0.29) is 11.6 Å². The van der Waals surface area contributed by atoms with Gasteiger partial charge in [0, 0.05) is 12.1 Å². The fourth-order valence-electron chi connectivity index (χ4n) is 1.56. The van der Waals surface area contributed by atoms with Gasteiger partial charge in [-0.25, -0.2) is 9.97 Å². The van der Waals surface area contributed by atoms with Gasteiger partial charge >= 0.3 is 0 Å². The number of carbonyl (C=O) groups is 1. The molecule has 3 rings (SSSR count). The first kappa shape index (κ1) is 11.6. The molecular formula is C12H13N5O2. The number of amides is 1. The van der Waals surface area contributed by atoms with Crippen LogP contribution in [0.15, 0.2) is 23.0 Å². The Bertz CT molecular complexity index is 588. The zero-order valence-corrected chi connectivity index (χ0v) is 10.4. The molecule has 2 aromatic rings. The van der Waals surface area contributed by atoms with Crippen LogP contribution in [-0.2, 0) is 0 Å². The third-order valence-electron chi connectivity index (χ3n) is 2.68. The van der Waals surface area contributed by atoms with Gasteiger partial charge in [-0.3, -0.25) is 4.79 Å². The summed E-state index contributed by atoms with van der Waals surface area (Å²) in [5.74, 6) is 1.32. The molecule has 1 amide bonds. The van der Waals surface area contributed by atoms with Crippen LogP contribution in [0, 0.1) is 6.92 Å². The summed E-state index contributed by atoms with van der Waals surface area (Å²) in [7, 11) is 0. The van der Waals surface area contributed by atoms with Crippen molar-refractivity contribution in [3.05, 3.63) is 29.9 Å². The van der Waals surface area contributed by atoms with Crippen molar-refractivity contribution in [1.82, 2.24) is 15.1 Å². The van der Waals surface area contributed by atoms with Gasteiger partial charge in [0.05, 0.1) is 12.4 Å². The summed E-state index contributed by atoms with van der Waals surface area (Å²) >= 11 is 0. The maximum absolute atomic E-state index is 11.9. The van der Waals surface area contributed by atoms with E-state index in [1.54, 1.807) is 19.2 Å². The molecule has 2 N–H and O–H groups in total. The number of rotatable bonds is 4. The monoisotopic (exact) mass is 259 g/mol. The van der Waals surface area contributed by atoms with Crippen molar-refractivity contribution in [2.75, 3.05) is 10.6 Å². The van der Waals surface area contributed by atoms with Gasteiger partial charge in [0.25, 0.3) is 5.91 Å². The standard InChI is InChI=1S/C12H13N5O2/c1-7-4-10(17-19-7)16-12(18)9-5-14-11(6-13-9)15-8-2-3-8/h4-6,8H,2-3H2,1H3,(H,14,15)(H,16,17,18). The molecular weight excluding hydrogens is 246 g/mol. The van der Waals surface area contributed by atoms with E-state index in [9.17, 15) is 4.79 Å². The highest BCUT2D eigenvalue weighted by Crippen LogP contribution is 2.23. The molecule has 0 unspecified atom stereocenters. The van der Waals surface area contributed by atoms with Crippen LogP contribution in [0.25, 0.3) is 0 Å². The first-order valence-corrected chi connectivity index (χ1v) is 6.04. The number of aryl methyl sites for hydroxylation is 1. The van der Waals surface area contributed by atoms with Crippen LogP contribution < -0.4 is 10.6 Å². The van der Waals surface area contributed by atoms with Crippen molar-refractivity contribution in [2.45, 2.75) is 25.8 Å². The molecule has 0 radical (unpaired) electrons. The van der Waals surface area contributed by atoms with E-state index >= 15 is 0 Å². The molecule has 2 heterocycles. The Labute approximate surface area is 109 Å². The number of carbonyl (C=O) groups excluding carboxylic acids is 1. The first-order chi connectivity index (χ1) is 9.20. The average Bonchev–Trinajstić information content (AvgIpc) is 3.12. The normalized spacial score (nSPS) is 14.2. The lowest BCUT2D eigenvalue weighted by Gasteiger charge is -2.03. The van der Waals surface area contributed by atoms with Crippen molar-refractivity contribution in [3.8, 4) is 0 Å². The number of hydrogen-bond acceptors (Lipinski definition) is 6. The second-order valence-corrected chi connectivity index (χ2v) is 4.48.